The van der Waals surface area contributed by atoms with E-state index in [4.69, 9.17) is 0 Å². The first-order valence-electron chi connectivity index (χ1n) is 7.66. The quantitative estimate of drug-likeness (QED) is 0.846. The van der Waals surface area contributed by atoms with Crippen molar-refractivity contribution < 1.29 is 13.2 Å². The molecule has 1 N–H and O–H groups in total. The fourth-order valence-electron chi connectivity index (χ4n) is 3.77. The van der Waals surface area contributed by atoms with Gasteiger partial charge in [-0.3, -0.25) is 4.79 Å². The fraction of sp³-hybridized carbons (Fsp3) is 0.714. The summed E-state index contributed by atoms with van der Waals surface area (Å²) >= 11 is 1.51. The lowest BCUT2D eigenvalue weighted by molar-refractivity contribution is -0.130. The first-order chi connectivity index (χ1) is 10.9. The van der Waals surface area contributed by atoms with Crippen LogP contribution in [0.3, 0.4) is 0 Å². The number of aromatic nitrogens is 2. The minimum absolute atomic E-state index is 0.122. The van der Waals surface area contributed by atoms with Gasteiger partial charge < -0.3 is 9.88 Å². The van der Waals surface area contributed by atoms with Crippen LogP contribution in [-0.2, 0) is 26.8 Å². The Labute approximate surface area is 140 Å². The zero-order valence-corrected chi connectivity index (χ0v) is 15.0. The van der Waals surface area contributed by atoms with Crippen LogP contribution in [0.25, 0.3) is 0 Å². The zero-order chi connectivity index (χ0) is 16.7. The number of piperidine rings is 1. The van der Waals surface area contributed by atoms with Crippen LogP contribution in [0.1, 0.15) is 24.2 Å². The number of thioether (sulfide) groups is 1. The molecule has 23 heavy (non-hydrogen) atoms. The topological polar surface area (TPSA) is 86.4 Å². The fourth-order valence-corrected chi connectivity index (χ4v) is 5.52. The summed E-state index contributed by atoms with van der Waals surface area (Å²) in [6.07, 6.45) is 6.66. The Balaban J connectivity index is 1.91. The van der Waals surface area contributed by atoms with Crippen molar-refractivity contribution in [1.29, 1.82) is 0 Å². The van der Waals surface area contributed by atoms with Gasteiger partial charge in [0.15, 0.2) is 0 Å². The normalized spacial score (nSPS) is 21.4. The Kier molecular flexibility index (Phi) is 4.45. The molecule has 128 valence electrons. The Morgan fingerprint density at radius 2 is 2.09 bits per heavy atom. The summed E-state index contributed by atoms with van der Waals surface area (Å²) in [5.74, 6) is 0.590. The first kappa shape index (κ1) is 16.8. The van der Waals surface area contributed by atoms with Crippen molar-refractivity contribution in [2.75, 3.05) is 37.9 Å². The number of nitrogens with zero attached hydrogens (tertiary/aromatic N) is 3. The first-order valence-corrected chi connectivity index (χ1v) is 10.9. The second kappa shape index (κ2) is 6.10. The van der Waals surface area contributed by atoms with Crippen LogP contribution in [0.4, 0.5) is 0 Å². The van der Waals surface area contributed by atoms with Gasteiger partial charge in [0.1, 0.15) is 0 Å². The molecule has 2 aliphatic rings. The third kappa shape index (κ3) is 2.89. The summed E-state index contributed by atoms with van der Waals surface area (Å²) < 4.78 is 26.2. The molecule has 0 radical (unpaired) electrons. The van der Waals surface area contributed by atoms with Crippen molar-refractivity contribution in [2.45, 2.75) is 24.8 Å². The molecule has 0 atom stereocenters. The molecule has 1 fully saturated rings. The van der Waals surface area contributed by atoms with Gasteiger partial charge in [0.25, 0.3) is 0 Å². The lowest BCUT2D eigenvalue weighted by atomic mass is 9.80. The molecule has 9 heteroatoms. The predicted octanol–water partition coefficient (Wildman–Crippen LogP) is 0.408. The summed E-state index contributed by atoms with van der Waals surface area (Å²) in [5, 5.41) is 0. The third-order valence-corrected chi connectivity index (χ3v) is 6.68. The molecule has 1 amide bonds. The molecule has 0 aromatic carbocycles. The van der Waals surface area contributed by atoms with Crippen LogP contribution in [0, 0.1) is 0 Å². The molecular formula is C14H22N4O3S2. The van der Waals surface area contributed by atoms with E-state index in [2.05, 4.69) is 9.97 Å². The Morgan fingerprint density at radius 1 is 1.39 bits per heavy atom. The number of likely N-dealkylation sites (tertiary alicyclic amines) is 1. The molecule has 1 spiro atoms. The number of hydrogen-bond donors (Lipinski definition) is 1. The molecular weight excluding hydrogens is 336 g/mol. The van der Waals surface area contributed by atoms with Crippen LogP contribution >= 0.6 is 11.8 Å². The smallest absolute Gasteiger partial charge is 0.232 e. The summed E-state index contributed by atoms with van der Waals surface area (Å²) in [6, 6.07) is 0. The van der Waals surface area contributed by atoms with Crippen LogP contribution < -0.4 is 0 Å². The Bertz CT molecular complexity index is 693. The largest absolute Gasteiger partial charge is 0.348 e. The Morgan fingerprint density at radius 3 is 2.70 bits per heavy atom. The number of nitrogens with one attached hydrogen (secondary N) is 1. The van der Waals surface area contributed by atoms with Crippen LogP contribution in [0.5, 0.6) is 0 Å². The van der Waals surface area contributed by atoms with Crippen molar-refractivity contribution >= 4 is 27.7 Å². The maximum Gasteiger partial charge on any atom is 0.232 e. The number of imidazole rings is 1. The summed E-state index contributed by atoms with van der Waals surface area (Å²) in [7, 11) is -3.33. The number of rotatable bonds is 3. The molecule has 0 bridgehead atoms. The van der Waals surface area contributed by atoms with Crippen LogP contribution in [-0.4, -0.2) is 71.4 Å². The van der Waals surface area contributed by atoms with E-state index in [1.54, 1.807) is 10.6 Å². The number of carbonyl (C=O) groups excluding carboxylic acids is 1. The van der Waals surface area contributed by atoms with Crippen LogP contribution in [0.2, 0.25) is 0 Å². The van der Waals surface area contributed by atoms with E-state index in [9.17, 15) is 13.2 Å². The minimum Gasteiger partial charge on any atom is -0.348 e. The number of hydrogen-bond acceptors (Lipinski definition) is 5. The number of sulfonamides is 1. The highest BCUT2D eigenvalue weighted by molar-refractivity contribution is 7.99. The average molecular weight is 358 g/mol. The van der Waals surface area contributed by atoms with E-state index in [0.717, 1.165) is 11.4 Å². The molecule has 1 saturated heterocycles. The third-order valence-electron chi connectivity index (χ3n) is 4.81. The minimum atomic E-state index is -3.33. The van der Waals surface area contributed by atoms with Crippen molar-refractivity contribution in [1.82, 2.24) is 19.2 Å². The van der Waals surface area contributed by atoms with E-state index < -0.39 is 15.6 Å². The maximum absolute atomic E-state index is 12.3. The van der Waals surface area contributed by atoms with Gasteiger partial charge in [-0.2, -0.15) is 16.1 Å². The average Bonchev–Trinajstić information content (AvgIpc) is 2.97. The number of aromatic amines is 1. The van der Waals surface area contributed by atoms with E-state index in [-0.39, 0.29) is 5.91 Å². The molecule has 3 rings (SSSR count). The van der Waals surface area contributed by atoms with Gasteiger partial charge >= 0.3 is 0 Å². The van der Waals surface area contributed by atoms with Crippen molar-refractivity contribution in [2.24, 2.45) is 0 Å². The van der Waals surface area contributed by atoms with E-state index >= 15 is 0 Å². The highest BCUT2D eigenvalue weighted by Gasteiger charge is 2.50. The van der Waals surface area contributed by atoms with Gasteiger partial charge in [-0.25, -0.2) is 13.4 Å². The Hall–Kier alpha value is -1.06. The van der Waals surface area contributed by atoms with Crippen LogP contribution in [0.15, 0.2) is 6.33 Å². The summed E-state index contributed by atoms with van der Waals surface area (Å²) in [4.78, 5) is 21.5. The number of H-pyrrole nitrogens is 1. The van der Waals surface area contributed by atoms with Crippen molar-refractivity contribution in [3.63, 3.8) is 0 Å². The molecule has 0 aliphatic carbocycles. The molecule has 7 nitrogen and oxygen atoms in total. The zero-order valence-electron chi connectivity index (χ0n) is 13.4. The van der Waals surface area contributed by atoms with E-state index in [1.807, 2.05) is 11.2 Å². The predicted molar refractivity (Wildman–Crippen MR) is 89.7 cm³/mol. The van der Waals surface area contributed by atoms with Gasteiger partial charge in [0.05, 0.1) is 29.6 Å². The number of amides is 1. The van der Waals surface area contributed by atoms with E-state index in [0.29, 0.717) is 44.6 Å². The maximum atomic E-state index is 12.3. The van der Waals surface area contributed by atoms with Gasteiger partial charge in [-0.1, -0.05) is 0 Å². The molecule has 3 heterocycles. The van der Waals surface area contributed by atoms with Gasteiger partial charge in [0.2, 0.25) is 15.9 Å². The second-order valence-corrected chi connectivity index (χ2v) is 8.93. The SMILES string of the molecule is CSCC(=O)N1CCC2(CC1)c1nc[nH]c1CCN2S(C)(=O)=O. The number of fused-ring (bicyclic) bond motifs is 2. The monoisotopic (exact) mass is 358 g/mol. The highest BCUT2D eigenvalue weighted by Crippen LogP contribution is 2.43. The van der Waals surface area contributed by atoms with Gasteiger partial charge in [-0.15, -0.1) is 0 Å². The molecule has 1 aromatic heterocycles. The number of carbonyl (C=O) groups is 1. The molecule has 0 unspecified atom stereocenters. The lowest BCUT2D eigenvalue weighted by Gasteiger charge is -2.49. The van der Waals surface area contributed by atoms with E-state index in [1.165, 1.54) is 18.0 Å². The summed E-state index contributed by atoms with van der Waals surface area (Å²) in [5.41, 5.74) is 1.25. The van der Waals surface area contributed by atoms with Gasteiger partial charge in [0, 0.05) is 31.7 Å². The van der Waals surface area contributed by atoms with Gasteiger partial charge in [-0.05, 0) is 19.1 Å². The second-order valence-electron chi connectivity index (χ2n) is 6.16. The standard InChI is InChI=1S/C14H22N4O3S2/c1-22-9-12(19)17-7-4-14(5-8-17)13-11(15-10-16-13)3-6-18(14)23(2,20)21/h10H,3-9H2,1-2H3,(H,15,16). The van der Waals surface area contributed by atoms with Crippen molar-refractivity contribution in [3.05, 3.63) is 17.7 Å². The highest BCUT2D eigenvalue weighted by atomic mass is 32.2. The molecule has 2 aliphatic heterocycles. The summed E-state index contributed by atoms with van der Waals surface area (Å²) in [6.45, 7) is 1.60. The molecule has 1 aromatic rings. The van der Waals surface area contributed by atoms with Crippen molar-refractivity contribution in [3.8, 4) is 0 Å². The lowest BCUT2D eigenvalue weighted by Crippen LogP contribution is -2.58. The molecule has 0 saturated carbocycles.